The van der Waals surface area contributed by atoms with Gasteiger partial charge in [0.2, 0.25) is 11.7 Å². The van der Waals surface area contributed by atoms with Crippen molar-refractivity contribution in [1.82, 2.24) is 14.5 Å². The highest BCUT2D eigenvalue weighted by Gasteiger charge is 2.49. The summed E-state index contributed by atoms with van der Waals surface area (Å²) in [6, 6.07) is 0.951. The van der Waals surface area contributed by atoms with Crippen LogP contribution in [-0.2, 0) is 35.2 Å². The number of primary amides is 1. The van der Waals surface area contributed by atoms with E-state index in [2.05, 4.69) is 4.98 Å². The molecular formula is C22H24F6N4O3. The third kappa shape index (κ3) is 5.38. The van der Waals surface area contributed by atoms with Crippen LogP contribution in [0.2, 0.25) is 0 Å². The van der Waals surface area contributed by atoms with E-state index in [0.717, 1.165) is 10.8 Å². The van der Waals surface area contributed by atoms with Crippen molar-refractivity contribution in [3.8, 4) is 0 Å². The topological polar surface area (TPSA) is 90.4 Å². The van der Waals surface area contributed by atoms with Crippen molar-refractivity contribution in [2.45, 2.75) is 58.5 Å². The number of rotatable bonds is 5. The Labute approximate surface area is 196 Å². The molecule has 192 valence electrons. The third-order valence-electron chi connectivity index (χ3n) is 6.16. The minimum Gasteiger partial charge on any atom is -0.442 e. The van der Waals surface area contributed by atoms with Crippen molar-refractivity contribution < 1.29 is 40.7 Å². The minimum absolute atomic E-state index is 0.0956. The summed E-state index contributed by atoms with van der Waals surface area (Å²) in [5.74, 6) is -5.55. The van der Waals surface area contributed by atoms with E-state index in [1.807, 2.05) is 0 Å². The number of hydrogen-bond donors (Lipinski definition) is 1. The summed E-state index contributed by atoms with van der Waals surface area (Å²) in [4.78, 5) is 29.7. The van der Waals surface area contributed by atoms with Crippen molar-refractivity contribution in [3.63, 3.8) is 0 Å². The maximum atomic E-state index is 14.5. The Morgan fingerprint density at radius 3 is 2.26 bits per heavy atom. The highest BCUT2D eigenvalue weighted by Crippen LogP contribution is 2.41. The summed E-state index contributed by atoms with van der Waals surface area (Å²) in [5.41, 5.74) is 2.20. The molecule has 2 aromatic rings. The first kappa shape index (κ1) is 26.4. The molecule has 7 nitrogen and oxygen atoms in total. The molecule has 1 atom stereocenters. The Bertz CT molecular complexity index is 1140. The van der Waals surface area contributed by atoms with Gasteiger partial charge in [0, 0.05) is 31.0 Å². The van der Waals surface area contributed by atoms with Crippen molar-refractivity contribution in [2.24, 2.45) is 11.1 Å². The second-order valence-electron chi connectivity index (χ2n) is 9.41. The van der Waals surface area contributed by atoms with Crippen LogP contribution in [0.1, 0.15) is 44.3 Å². The normalized spacial score (nSPS) is 16.0. The van der Waals surface area contributed by atoms with E-state index < -0.39 is 65.3 Å². The lowest BCUT2D eigenvalue weighted by Crippen LogP contribution is -2.53. The summed E-state index contributed by atoms with van der Waals surface area (Å²) in [7, 11) is 0. The Morgan fingerprint density at radius 2 is 1.69 bits per heavy atom. The van der Waals surface area contributed by atoms with E-state index >= 15 is 0 Å². The van der Waals surface area contributed by atoms with Crippen molar-refractivity contribution >= 4 is 12.0 Å². The first-order valence-electron chi connectivity index (χ1n) is 10.6. The minimum atomic E-state index is -4.66. The van der Waals surface area contributed by atoms with E-state index in [1.54, 1.807) is 20.8 Å². The number of nitrogens with zero attached hydrogens (tertiary/aromatic N) is 3. The van der Waals surface area contributed by atoms with Crippen LogP contribution in [0.3, 0.4) is 0 Å². The number of carbonyl (C=O) groups is 2. The van der Waals surface area contributed by atoms with E-state index in [0.29, 0.717) is 12.1 Å². The molecule has 0 unspecified atom stereocenters. The van der Waals surface area contributed by atoms with Crippen molar-refractivity contribution in [3.05, 3.63) is 52.9 Å². The molecule has 35 heavy (non-hydrogen) atoms. The summed E-state index contributed by atoms with van der Waals surface area (Å²) >= 11 is 0. The zero-order valence-corrected chi connectivity index (χ0v) is 19.2. The number of hydrogen-bond acceptors (Lipinski definition) is 4. The van der Waals surface area contributed by atoms with Gasteiger partial charge in [0.15, 0.2) is 11.6 Å². The van der Waals surface area contributed by atoms with Gasteiger partial charge in [-0.1, -0.05) is 20.8 Å². The summed E-state index contributed by atoms with van der Waals surface area (Å²) in [5, 5.41) is 0. The molecule has 2 amide bonds. The molecule has 13 heteroatoms. The van der Waals surface area contributed by atoms with Gasteiger partial charge < -0.3 is 19.9 Å². The fraction of sp³-hybridized carbons (Fsp3) is 0.500. The Hall–Kier alpha value is -3.25. The largest absolute Gasteiger partial charge is 0.449 e. The number of nitrogens with two attached hydrogens (primary N) is 1. The lowest BCUT2D eigenvalue weighted by atomic mass is 9.70. The Morgan fingerprint density at radius 1 is 1.06 bits per heavy atom. The monoisotopic (exact) mass is 506 g/mol. The van der Waals surface area contributed by atoms with Crippen molar-refractivity contribution in [1.29, 1.82) is 0 Å². The third-order valence-corrected chi connectivity index (χ3v) is 6.16. The van der Waals surface area contributed by atoms with E-state index in [4.69, 9.17) is 10.5 Å². The first-order chi connectivity index (χ1) is 16.0. The van der Waals surface area contributed by atoms with Gasteiger partial charge >= 0.3 is 12.3 Å². The Balaban J connectivity index is 1.93. The lowest BCUT2D eigenvalue weighted by molar-refractivity contribution is -0.148. The maximum absolute atomic E-state index is 14.5. The molecular weight excluding hydrogens is 482 g/mol. The van der Waals surface area contributed by atoms with Crippen LogP contribution in [0.5, 0.6) is 0 Å². The fourth-order valence-electron chi connectivity index (χ4n) is 4.09. The average molecular weight is 506 g/mol. The molecule has 0 saturated heterocycles. The number of amides is 2. The van der Waals surface area contributed by atoms with Gasteiger partial charge in [-0.3, -0.25) is 4.79 Å². The predicted octanol–water partition coefficient (Wildman–Crippen LogP) is 4.17. The summed E-state index contributed by atoms with van der Waals surface area (Å²) < 4.78 is 87.4. The SMILES string of the molecule is CC(C)(C)[C@](CC(=O)N1CCn2c(cnc2C(F)(F)F)C1)(Cc1cc(F)c(F)cc1F)OC(N)=O. The molecule has 1 aliphatic heterocycles. The van der Waals surface area contributed by atoms with Crippen molar-refractivity contribution in [2.75, 3.05) is 6.54 Å². The number of aromatic nitrogens is 2. The standard InChI is InChI=1S/C22H24F6N4O3/c1-20(2,3)21(35-19(29)34,8-12-6-15(24)16(25)7-14(12)23)9-17(33)31-4-5-32-13(11-31)10-30-18(32)22(26,27)28/h6-7,10H,4-5,8-9,11H2,1-3H3,(H2,29,34)/t21-/m1/s1. The van der Waals surface area contributed by atoms with Crippen LogP contribution in [-0.4, -0.2) is 38.6 Å². The quantitative estimate of drug-likeness (QED) is 0.487. The number of halogens is 6. The summed E-state index contributed by atoms with van der Waals surface area (Å²) in [6.07, 6.45) is -5.97. The molecule has 0 saturated carbocycles. The smallest absolute Gasteiger partial charge is 0.442 e. The number of benzene rings is 1. The first-order valence-corrected chi connectivity index (χ1v) is 10.6. The van der Waals surface area contributed by atoms with E-state index in [-0.39, 0.29) is 30.9 Å². The van der Waals surface area contributed by atoms with Crippen LogP contribution >= 0.6 is 0 Å². The Kier molecular flexibility index (Phi) is 6.84. The molecule has 1 aliphatic rings. The molecule has 3 rings (SSSR count). The zero-order chi connectivity index (χ0) is 26.3. The molecule has 1 aromatic carbocycles. The van der Waals surface area contributed by atoms with Gasteiger partial charge in [0.05, 0.1) is 24.9 Å². The van der Waals surface area contributed by atoms with Crippen LogP contribution in [0.15, 0.2) is 18.3 Å². The van der Waals surface area contributed by atoms with Gasteiger partial charge in [-0.25, -0.2) is 22.9 Å². The molecule has 0 fully saturated rings. The molecule has 0 aliphatic carbocycles. The van der Waals surface area contributed by atoms with Crippen LogP contribution < -0.4 is 5.73 Å². The number of carbonyl (C=O) groups excluding carboxylic acids is 2. The highest BCUT2D eigenvalue weighted by atomic mass is 19.4. The number of imidazole rings is 1. The van der Waals surface area contributed by atoms with Gasteiger partial charge in [-0.15, -0.1) is 0 Å². The van der Waals surface area contributed by atoms with Crippen LogP contribution in [0.4, 0.5) is 31.1 Å². The number of fused-ring (bicyclic) bond motifs is 1. The fourth-order valence-corrected chi connectivity index (χ4v) is 4.09. The highest BCUT2D eigenvalue weighted by molar-refractivity contribution is 5.78. The van der Waals surface area contributed by atoms with Gasteiger partial charge in [0.25, 0.3) is 0 Å². The molecule has 2 N–H and O–H groups in total. The van der Waals surface area contributed by atoms with E-state index in [9.17, 15) is 35.9 Å². The summed E-state index contributed by atoms with van der Waals surface area (Å²) in [6.45, 7) is 4.29. The second kappa shape index (κ2) is 9.08. The molecule has 0 spiro atoms. The predicted molar refractivity (Wildman–Crippen MR) is 110 cm³/mol. The molecule has 2 heterocycles. The van der Waals surface area contributed by atoms with Crippen LogP contribution in [0.25, 0.3) is 0 Å². The van der Waals surface area contributed by atoms with Gasteiger partial charge in [-0.05, 0) is 11.6 Å². The molecule has 1 aromatic heterocycles. The maximum Gasteiger partial charge on any atom is 0.449 e. The molecule has 0 bridgehead atoms. The van der Waals surface area contributed by atoms with E-state index in [1.165, 1.54) is 4.90 Å². The molecule has 0 radical (unpaired) electrons. The number of alkyl halides is 3. The second-order valence-corrected chi connectivity index (χ2v) is 9.41. The lowest BCUT2D eigenvalue weighted by Gasteiger charge is -2.44. The van der Waals surface area contributed by atoms with Gasteiger partial charge in [-0.2, -0.15) is 13.2 Å². The van der Waals surface area contributed by atoms with Gasteiger partial charge in [0.1, 0.15) is 11.4 Å². The number of ether oxygens (including phenoxy) is 1. The van der Waals surface area contributed by atoms with Crippen LogP contribution in [0, 0.1) is 22.9 Å². The zero-order valence-electron chi connectivity index (χ0n) is 19.2. The average Bonchev–Trinajstić information content (AvgIpc) is 3.14.